The quantitative estimate of drug-likeness (QED) is 0.159. The Morgan fingerprint density at radius 3 is 1.65 bits per heavy atom. The topological polar surface area (TPSA) is 16.4 Å². The fourth-order valence-electron chi connectivity index (χ4n) is 11.0. The molecule has 0 fully saturated rings. The fourth-order valence-corrected chi connectivity index (χ4v) is 11.0. The van der Waals surface area contributed by atoms with Crippen LogP contribution >= 0.6 is 0 Å². The van der Waals surface area contributed by atoms with E-state index in [1.165, 1.54) is 77.2 Å². The van der Waals surface area contributed by atoms with Crippen molar-refractivity contribution in [2.45, 2.75) is 5.41 Å². The molecule has 13 rings (SSSR count). The Morgan fingerprint density at radius 1 is 0.323 bits per heavy atom. The molecule has 12 aromatic rings. The molecule has 0 radical (unpaired) electrons. The van der Waals surface area contributed by atoms with E-state index >= 15 is 0 Å². The molecule has 0 atom stereocenters. The number of furan rings is 1. The van der Waals surface area contributed by atoms with Crippen molar-refractivity contribution in [3.8, 4) is 33.4 Å². The van der Waals surface area contributed by atoms with E-state index in [1.807, 2.05) is 6.07 Å². The maximum absolute atomic E-state index is 6.38. The highest BCUT2D eigenvalue weighted by Gasteiger charge is 2.47. The smallest absolute Gasteiger partial charge is 0.135 e. The van der Waals surface area contributed by atoms with Gasteiger partial charge in [-0.25, -0.2) is 0 Å². The summed E-state index contributed by atoms with van der Waals surface area (Å²) in [5, 5.41) is 7.18. The molecule has 0 unspecified atom stereocenters. The number of hydrogen-bond acceptors (Lipinski definition) is 2. The van der Waals surface area contributed by atoms with Gasteiger partial charge in [-0.05, 0) is 114 Å². The lowest BCUT2D eigenvalue weighted by Gasteiger charge is -2.34. The van der Waals surface area contributed by atoms with Crippen LogP contribution in [-0.2, 0) is 5.41 Å². The van der Waals surface area contributed by atoms with Gasteiger partial charge in [0.25, 0.3) is 0 Å². The van der Waals surface area contributed by atoms with Crippen LogP contribution in [-0.4, -0.2) is 0 Å². The van der Waals surface area contributed by atoms with E-state index in [-0.39, 0.29) is 0 Å². The van der Waals surface area contributed by atoms with Crippen LogP contribution in [0.4, 0.5) is 17.1 Å². The van der Waals surface area contributed by atoms with Crippen molar-refractivity contribution in [3.05, 3.63) is 271 Å². The minimum absolute atomic E-state index is 0.524. The maximum atomic E-state index is 6.38. The molecule has 1 aliphatic carbocycles. The van der Waals surface area contributed by atoms with Gasteiger partial charge in [0.1, 0.15) is 11.2 Å². The zero-order chi connectivity index (χ0) is 42.9. The Bertz CT molecular complexity index is 3730. The molecular weight excluding hydrogens is 787 g/mol. The summed E-state index contributed by atoms with van der Waals surface area (Å²) in [5.74, 6) is 0. The highest BCUT2D eigenvalue weighted by atomic mass is 16.3. The van der Waals surface area contributed by atoms with Gasteiger partial charge in [-0.1, -0.05) is 206 Å². The second-order valence-electron chi connectivity index (χ2n) is 17.1. The zero-order valence-electron chi connectivity index (χ0n) is 35.5. The lowest BCUT2D eigenvalue weighted by molar-refractivity contribution is 0.669. The SMILES string of the molecule is c1ccc(C2(c3ccccc3)c3ccccc3-c3c(N(c4ccc(-c5ccc(-c6cccc7ccccc67)c6ccccc56)cc4)c4ccc5oc6ccccc6c5c4)cccc32)cc1. The number of benzene rings is 11. The van der Waals surface area contributed by atoms with Gasteiger partial charge >= 0.3 is 0 Å². The van der Waals surface area contributed by atoms with Crippen LogP contribution in [0.3, 0.4) is 0 Å². The Hall–Kier alpha value is -8.46. The van der Waals surface area contributed by atoms with Gasteiger partial charge in [0, 0.05) is 27.7 Å². The van der Waals surface area contributed by atoms with Crippen molar-refractivity contribution in [2.24, 2.45) is 0 Å². The predicted molar refractivity (Wildman–Crippen MR) is 272 cm³/mol. The first-order chi connectivity index (χ1) is 32.3. The maximum Gasteiger partial charge on any atom is 0.135 e. The Kier molecular flexibility index (Phi) is 8.47. The van der Waals surface area contributed by atoms with E-state index in [9.17, 15) is 0 Å². The molecule has 0 bridgehead atoms. The first kappa shape index (κ1) is 37.1. The van der Waals surface area contributed by atoms with Crippen LogP contribution in [0.5, 0.6) is 0 Å². The highest BCUT2D eigenvalue weighted by molar-refractivity contribution is 6.10. The number of para-hydroxylation sites is 1. The van der Waals surface area contributed by atoms with Crippen LogP contribution in [0, 0.1) is 0 Å². The Balaban J connectivity index is 1.02. The van der Waals surface area contributed by atoms with Crippen LogP contribution in [0.2, 0.25) is 0 Å². The first-order valence-electron chi connectivity index (χ1n) is 22.4. The molecule has 0 amide bonds. The molecule has 0 spiro atoms. The molecule has 304 valence electrons. The molecule has 0 saturated carbocycles. The van der Waals surface area contributed by atoms with Gasteiger partial charge in [0.15, 0.2) is 0 Å². The third-order valence-electron chi connectivity index (χ3n) is 13.8. The molecule has 1 aliphatic rings. The summed E-state index contributed by atoms with van der Waals surface area (Å²) in [5.41, 5.74) is 16.9. The average Bonchev–Trinajstić information content (AvgIpc) is 3.91. The summed E-state index contributed by atoms with van der Waals surface area (Å²) in [6.45, 7) is 0. The van der Waals surface area contributed by atoms with Crippen LogP contribution < -0.4 is 4.90 Å². The van der Waals surface area contributed by atoms with E-state index in [0.29, 0.717) is 0 Å². The molecule has 2 nitrogen and oxygen atoms in total. The van der Waals surface area contributed by atoms with Gasteiger partial charge < -0.3 is 9.32 Å². The van der Waals surface area contributed by atoms with Gasteiger partial charge in [-0.15, -0.1) is 0 Å². The van der Waals surface area contributed by atoms with E-state index in [1.54, 1.807) is 0 Å². The number of nitrogens with zero attached hydrogens (tertiary/aromatic N) is 1. The zero-order valence-corrected chi connectivity index (χ0v) is 35.5. The number of hydrogen-bond donors (Lipinski definition) is 0. The van der Waals surface area contributed by atoms with Crippen molar-refractivity contribution in [3.63, 3.8) is 0 Å². The molecular formula is C63H41NO. The largest absolute Gasteiger partial charge is 0.456 e. The molecule has 2 heteroatoms. The molecule has 65 heavy (non-hydrogen) atoms. The number of anilines is 3. The molecule has 0 saturated heterocycles. The third-order valence-corrected chi connectivity index (χ3v) is 13.8. The van der Waals surface area contributed by atoms with E-state index in [4.69, 9.17) is 4.42 Å². The van der Waals surface area contributed by atoms with E-state index < -0.39 is 5.41 Å². The highest BCUT2D eigenvalue weighted by Crippen LogP contribution is 2.59. The van der Waals surface area contributed by atoms with Crippen molar-refractivity contribution in [1.82, 2.24) is 0 Å². The van der Waals surface area contributed by atoms with Crippen LogP contribution in [0.25, 0.3) is 76.9 Å². The Labute approximate surface area is 377 Å². The second-order valence-corrected chi connectivity index (χ2v) is 17.1. The summed E-state index contributed by atoms with van der Waals surface area (Å²) in [7, 11) is 0. The summed E-state index contributed by atoms with van der Waals surface area (Å²) in [6.07, 6.45) is 0. The number of rotatable bonds is 7. The molecule has 0 aliphatic heterocycles. The number of fused-ring (bicyclic) bond motifs is 8. The van der Waals surface area contributed by atoms with Gasteiger partial charge in [-0.2, -0.15) is 0 Å². The molecule has 1 heterocycles. The minimum atomic E-state index is -0.524. The summed E-state index contributed by atoms with van der Waals surface area (Å²) >= 11 is 0. The van der Waals surface area contributed by atoms with Crippen molar-refractivity contribution < 1.29 is 4.42 Å². The monoisotopic (exact) mass is 827 g/mol. The average molecular weight is 828 g/mol. The van der Waals surface area contributed by atoms with Gasteiger partial charge in [0.05, 0.1) is 11.1 Å². The molecule has 0 N–H and O–H groups in total. The van der Waals surface area contributed by atoms with Crippen molar-refractivity contribution in [1.29, 1.82) is 0 Å². The van der Waals surface area contributed by atoms with Gasteiger partial charge in [-0.3, -0.25) is 0 Å². The Morgan fingerprint density at radius 2 is 0.862 bits per heavy atom. The van der Waals surface area contributed by atoms with Gasteiger partial charge in [0.2, 0.25) is 0 Å². The summed E-state index contributed by atoms with van der Waals surface area (Å²) in [4.78, 5) is 2.45. The van der Waals surface area contributed by atoms with Crippen LogP contribution in [0.1, 0.15) is 22.3 Å². The van der Waals surface area contributed by atoms with Crippen LogP contribution in [0.15, 0.2) is 253 Å². The normalized spacial score (nSPS) is 12.7. The van der Waals surface area contributed by atoms with E-state index in [0.717, 1.165) is 39.0 Å². The van der Waals surface area contributed by atoms with E-state index in [2.05, 4.69) is 248 Å². The minimum Gasteiger partial charge on any atom is -0.456 e. The second kappa shape index (κ2) is 14.8. The first-order valence-corrected chi connectivity index (χ1v) is 22.4. The fraction of sp³-hybridized carbons (Fsp3) is 0.0159. The predicted octanol–water partition coefficient (Wildman–Crippen LogP) is 17.1. The van der Waals surface area contributed by atoms with Crippen molar-refractivity contribution >= 4 is 60.5 Å². The lowest BCUT2D eigenvalue weighted by Crippen LogP contribution is -2.28. The lowest BCUT2D eigenvalue weighted by atomic mass is 9.68. The summed E-state index contributed by atoms with van der Waals surface area (Å²) < 4.78 is 6.38. The summed E-state index contributed by atoms with van der Waals surface area (Å²) in [6, 6.07) is 90.9. The van der Waals surface area contributed by atoms with Crippen molar-refractivity contribution in [2.75, 3.05) is 4.90 Å². The standard InChI is InChI=1S/C63H41NO/c1-3-19-44(20-4-1)63(45-21-5-2-6-22-45)57-29-13-11-27-55(57)62-58(63)30-16-31-59(62)64(47-37-40-61-56(41-47)54-26-12-14-32-60(54)65-61)46-35-33-43(34-36-46)49-38-39-53(52-25-10-9-24-50(49)52)51-28-15-18-42-17-7-8-23-48(42)51/h1-41H. The molecule has 11 aromatic carbocycles. The third kappa shape index (κ3) is 5.67. The molecule has 1 aromatic heterocycles.